The number of nitrogens with zero attached hydrogens (tertiary/aromatic N) is 4. The molecule has 1 aliphatic heterocycles. The molecule has 1 fully saturated rings. The van der Waals surface area contributed by atoms with Gasteiger partial charge in [0, 0.05) is 0 Å². The number of ketones is 1. The Balaban J connectivity index is 1.76. The normalized spacial score (nSPS) is 16.3. The number of Topliss-reactive ketones (excluding diaryl/α,β-unsaturated/α-hetero) is 1. The van der Waals surface area contributed by atoms with Crippen molar-refractivity contribution in [2.45, 2.75) is 31.9 Å². The molecule has 154 valence electrons. The Morgan fingerprint density at radius 3 is 2.55 bits per heavy atom. The van der Waals surface area contributed by atoms with Crippen molar-refractivity contribution in [2.75, 3.05) is 19.6 Å². The number of hydrogen-bond donors (Lipinski definition) is 0. The Hall–Kier alpha value is -1.97. The minimum atomic E-state index is -4.67. The monoisotopic (exact) mass is 442 g/mol. The number of hydrogen-bond acceptors (Lipinski definition) is 5. The molecular formula is C19H18ClF3N4OS. The van der Waals surface area contributed by atoms with Crippen LogP contribution in [-0.4, -0.2) is 44.9 Å². The summed E-state index contributed by atoms with van der Waals surface area (Å²) in [6.45, 7) is 1.65. The lowest BCUT2D eigenvalue weighted by Crippen LogP contribution is -2.31. The number of likely N-dealkylation sites (tertiary alicyclic amines) is 1. The number of halogens is 4. The van der Waals surface area contributed by atoms with Crippen LogP contribution in [0.2, 0.25) is 5.02 Å². The Morgan fingerprint density at radius 2 is 1.93 bits per heavy atom. The number of fused-ring (bicyclic) bond motifs is 1. The molecule has 4 rings (SSSR count). The van der Waals surface area contributed by atoms with Gasteiger partial charge in [0.2, 0.25) is 0 Å². The highest BCUT2D eigenvalue weighted by Gasteiger charge is 2.37. The number of rotatable bonds is 4. The smallest absolute Gasteiger partial charge is 0.296 e. The van der Waals surface area contributed by atoms with E-state index in [1.807, 2.05) is 4.90 Å². The predicted molar refractivity (Wildman–Crippen MR) is 106 cm³/mol. The molecule has 1 saturated heterocycles. The quantitative estimate of drug-likeness (QED) is 0.522. The van der Waals surface area contributed by atoms with Gasteiger partial charge in [0.15, 0.2) is 22.8 Å². The maximum atomic E-state index is 13.7. The summed E-state index contributed by atoms with van der Waals surface area (Å²) in [7, 11) is 0. The van der Waals surface area contributed by atoms with Crippen LogP contribution in [-0.2, 0) is 6.18 Å². The van der Waals surface area contributed by atoms with Gasteiger partial charge in [-0.25, -0.2) is 9.50 Å². The van der Waals surface area contributed by atoms with Gasteiger partial charge in [-0.3, -0.25) is 9.69 Å². The molecule has 0 atom stereocenters. The minimum Gasteiger partial charge on any atom is -0.296 e. The Morgan fingerprint density at radius 1 is 1.21 bits per heavy atom. The molecule has 0 saturated carbocycles. The standard InChI is InChI=1S/C19H18ClF3N4OS/c20-16-17(13(28)11-26-7-3-1-2-4-8-26)25-27-15(19(21,22)23)10-12(24-18(16)27)14-6-5-9-29-14/h5-6,9-10H,1-4,7-8,11H2. The fraction of sp³-hybridized carbons (Fsp3) is 0.421. The number of carbonyl (C=O) groups excluding carboxylic acids is 1. The molecule has 0 aromatic carbocycles. The summed E-state index contributed by atoms with van der Waals surface area (Å²) in [5.41, 5.74) is -1.20. The molecule has 0 aliphatic carbocycles. The molecule has 0 radical (unpaired) electrons. The molecule has 0 unspecified atom stereocenters. The highest BCUT2D eigenvalue weighted by atomic mass is 35.5. The van der Waals surface area contributed by atoms with Gasteiger partial charge < -0.3 is 0 Å². The molecule has 29 heavy (non-hydrogen) atoms. The first-order valence-corrected chi connectivity index (χ1v) is 10.6. The van der Waals surface area contributed by atoms with Crippen molar-refractivity contribution >= 4 is 34.4 Å². The van der Waals surface area contributed by atoms with Crippen LogP contribution in [0.1, 0.15) is 41.9 Å². The molecule has 1 aliphatic rings. The zero-order valence-electron chi connectivity index (χ0n) is 15.4. The van der Waals surface area contributed by atoms with Gasteiger partial charge in [-0.1, -0.05) is 30.5 Å². The van der Waals surface area contributed by atoms with Gasteiger partial charge in [-0.15, -0.1) is 11.3 Å². The van der Waals surface area contributed by atoms with Gasteiger partial charge in [-0.05, 0) is 43.4 Å². The molecule has 0 amide bonds. The molecule has 5 nitrogen and oxygen atoms in total. The lowest BCUT2D eigenvalue weighted by atomic mass is 10.2. The molecule has 10 heteroatoms. The summed E-state index contributed by atoms with van der Waals surface area (Å²) in [4.78, 5) is 19.6. The highest BCUT2D eigenvalue weighted by molar-refractivity contribution is 7.13. The first kappa shape index (κ1) is 20.3. The third-order valence-electron chi connectivity index (χ3n) is 4.93. The molecule has 0 bridgehead atoms. The summed E-state index contributed by atoms with van der Waals surface area (Å²) < 4.78 is 41.7. The summed E-state index contributed by atoms with van der Waals surface area (Å²) in [6.07, 6.45) is -0.450. The van der Waals surface area contributed by atoms with Crippen LogP contribution < -0.4 is 0 Å². The zero-order chi connectivity index (χ0) is 20.6. The van der Waals surface area contributed by atoms with Crippen molar-refractivity contribution in [3.8, 4) is 10.6 Å². The van der Waals surface area contributed by atoms with Gasteiger partial charge in [0.25, 0.3) is 0 Å². The molecule has 3 aromatic rings. The van der Waals surface area contributed by atoms with Crippen molar-refractivity contribution in [1.82, 2.24) is 19.5 Å². The van der Waals surface area contributed by atoms with Gasteiger partial charge in [-0.2, -0.15) is 18.3 Å². The van der Waals surface area contributed by atoms with Crippen LogP contribution in [0.5, 0.6) is 0 Å². The third-order valence-corrected chi connectivity index (χ3v) is 6.17. The van der Waals surface area contributed by atoms with Gasteiger partial charge >= 0.3 is 6.18 Å². The number of carbonyl (C=O) groups is 1. The second-order valence-corrected chi connectivity index (χ2v) is 8.34. The number of thiophene rings is 1. The second-order valence-electron chi connectivity index (χ2n) is 7.01. The van der Waals surface area contributed by atoms with Crippen molar-refractivity contribution in [3.05, 3.63) is 40.0 Å². The lowest BCUT2D eigenvalue weighted by Gasteiger charge is -2.17. The first-order chi connectivity index (χ1) is 13.8. The fourth-order valence-corrected chi connectivity index (χ4v) is 4.45. The van der Waals surface area contributed by atoms with Gasteiger partial charge in [0.05, 0.1) is 17.1 Å². The van der Waals surface area contributed by atoms with E-state index in [0.717, 1.165) is 44.8 Å². The van der Waals surface area contributed by atoms with Crippen LogP contribution in [0.3, 0.4) is 0 Å². The van der Waals surface area contributed by atoms with E-state index in [1.54, 1.807) is 17.5 Å². The molecule has 0 spiro atoms. The van der Waals surface area contributed by atoms with E-state index in [0.29, 0.717) is 9.39 Å². The van der Waals surface area contributed by atoms with Gasteiger partial charge in [0.1, 0.15) is 5.02 Å². The van der Waals surface area contributed by atoms with E-state index >= 15 is 0 Å². The highest BCUT2D eigenvalue weighted by Crippen LogP contribution is 2.35. The average molecular weight is 443 g/mol. The van der Waals surface area contributed by atoms with Crippen molar-refractivity contribution in [2.24, 2.45) is 0 Å². The average Bonchev–Trinajstić information content (AvgIpc) is 3.24. The number of aromatic nitrogens is 3. The van der Waals surface area contributed by atoms with E-state index in [1.165, 1.54) is 11.3 Å². The van der Waals surface area contributed by atoms with E-state index < -0.39 is 17.7 Å². The van der Waals surface area contributed by atoms with E-state index in [9.17, 15) is 18.0 Å². The van der Waals surface area contributed by atoms with Crippen LogP contribution in [0.25, 0.3) is 16.2 Å². The van der Waals surface area contributed by atoms with E-state index in [4.69, 9.17) is 11.6 Å². The van der Waals surface area contributed by atoms with Crippen LogP contribution in [0.4, 0.5) is 13.2 Å². The summed E-state index contributed by atoms with van der Waals surface area (Å²) >= 11 is 7.58. The summed E-state index contributed by atoms with van der Waals surface area (Å²) in [6, 6.07) is 4.35. The number of alkyl halides is 3. The summed E-state index contributed by atoms with van der Waals surface area (Å²) in [5, 5.41) is 5.53. The molecule has 0 N–H and O–H groups in total. The van der Waals surface area contributed by atoms with Crippen LogP contribution in [0.15, 0.2) is 23.6 Å². The minimum absolute atomic E-state index is 0.0860. The maximum absolute atomic E-state index is 13.7. The molecule has 3 aromatic heterocycles. The SMILES string of the molecule is O=C(CN1CCCCCC1)c1nn2c(C(F)(F)F)cc(-c3cccs3)nc2c1Cl. The largest absolute Gasteiger partial charge is 0.433 e. The Bertz CT molecular complexity index is 1020. The lowest BCUT2D eigenvalue weighted by molar-refractivity contribution is -0.142. The fourth-order valence-electron chi connectivity index (χ4n) is 3.49. The van der Waals surface area contributed by atoms with Crippen molar-refractivity contribution < 1.29 is 18.0 Å². The topological polar surface area (TPSA) is 50.5 Å². The predicted octanol–water partition coefficient (Wildman–Crippen LogP) is 5.19. The van der Waals surface area contributed by atoms with Crippen LogP contribution in [0, 0.1) is 0 Å². The third kappa shape index (κ3) is 4.17. The zero-order valence-corrected chi connectivity index (χ0v) is 16.9. The van der Waals surface area contributed by atoms with Crippen molar-refractivity contribution in [1.29, 1.82) is 0 Å². The van der Waals surface area contributed by atoms with Crippen molar-refractivity contribution in [3.63, 3.8) is 0 Å². The summed E-state index contributed by atoms with van der Waals surface area (Å²) in [5.74, 6) is -0.395. The van der Waals surface area contributed by atoms with Crippen LogP contribution >= 0.6 is 22.9 Å². The Labute approximate surface area is 174 Å². The first-order valence-electron chi connectivity index (χ1n) is 9.30. The van der Waals surface area contributed by atoms with E-state index in [-0.39, 0.29) is 28.6 Å². The Kier molecular flexibility index (Phi) is 5.63. The molecule has 4 heterocycles. The maximum Gasteiger partial charge on any atom is 0.433 e. The molecular weight excluding hydrogens is 425 g/mol. The second kappa shape index (κ2) is 8.04. The van der Waals surface area contributed by atoms with E-state index in [2.05, 4.69) is 10.1 Å².